The van der Waals surface area contributed by atoms with Gasteiger partial charge in [0.2, 0.25) is 11.8 Å². The van der Waals surface area contributed by atoms with Gasteiger partial charge in [0.1, 0.15) is 0 Å². The van der Waals surface area contributed by atoms with Crippen LogP contribution in [0.4, 0.5) is 5.69 Å². The van der Waals surface area contributed by atoms with Crippen LogP contribution in [0.15, 0.2) is 54.7 Å². The number of nitrogens with one attached hydrogen (secondary N) is 2. The maximum Gasteiger partial charge on any atom is 0.248 e. The lowest BCUT2D eigenvalue weighted by Gasteiger charge is -2.08. The highest BCUT2D eigenvalue weighted by molar-refractivity contribution is 6.01. The van der Waals surface area contributed by atoms with Crippen molar-refractivity contribution in [2.45, 2.75) is 26.3 Å². The van der Waals surface area contributed by atoms with Gasteiger partial charge in [-0.15, -0.1) is 0 Å². The molecular weight excluding hydrogens is 302 g/mol. The van der Waals surface area contributed by atoms with E-state index in [2.05, 4.69) is 15.6 Å². The number of anilines is 1. The predicted octanol–water partition coefficient (Wildman–Crippen LogP) is 2.80. The quantitative estimate of drug-likeness (QED) is 0.803. The third-order valence-electron chi connectivity index (χ3n) is 3.13. The number of hydrogen-bond donors (Lipinski definition) is 2. The van der Waals surface area contributed by atoms with E-state index in [-0.39, 0.29) is 17.9 Å². The number of hydrogen-bond acceptors (Lipinski definition) is 3. The number of rotatable bonds is 6. The van der Waals surface area contributed by atoms with Crippen LogP contribution in [0.5, 0.6) is 0 Å². The standard InChI is InChI=1S/C19H21N3O2/c1-14(2)21-19(24)13-15-6-8-17(9-7-15)22-18(23)11-10-16-5-3-4-12-20-16/h3-12,14H,13H2,1-2H3,(H,21,24)(H,22,23)/b11-10+. The molecule has 0 radical (unpaired) electrons. The predicted molar refractivity (Wildman–Crippen MR) is 95.3 cm³/mol. The maximum absolute atomic E-state index is 11.9. The normalized spacial score (nSPS) is 10.8. The lowest BCUT2D eigenvalue weighted by Crippen LogP contribution is -2.31. The van der Waals surface area contributed by atoms with Crippen LogP contribution >= 0.6 is 0 Å². The first kappa shape index (κ1) is 17.4. The molecule has 0 saturated carbocycles. The zero-order valence-electron chi connectivity index (χ0n) is 13.8. The molecule has 0 aliphatic heterocycles. The van der Waals surface area contributed by atoms with Crippen molar-refractivity contribution < 1.29 is 9.59 Å². The van der Waals surface area contributed by atoms with Crippen LogP contribution in [0, 0.1) is 0 Å². The van der Waals surface area contributed by atoms with Crippen molar-refractivity contribution in [3.8, 4) is 0 Å². The number of carbonyl (C=O) groups is 2. The van der Waals surface area contributed by atoms with Crippen LogP contribution in [0.3, 0.4) is 0 Å². The molecule has 0 bridgehead atoms. The Morgan fingerprint density at radius 3 is 2.50 bits per heavy atom. The molecule has 0 aliphatic rings. The van der Waals surface area contributed by atoms with E-state index in [0.717, 1.165) is 11.3 Å². The van der Waals surface area contributed by atoms with E-state index in [0.29, 0.717) is 12.1 Å². The molecule has 124 valence electrons. The zero-order valence-corrected chi connectivity index (χ0v) is 13.8. The summed E-state index contributed by atoms with van der Waals surface area (Å²) in [5.41, 5.74) is 2.30. The second-order valence-corrected chi connectivity index (χ2v) is 5.67. The van der Waals surface area contributed by atoms with Crippen LogP contribution in [-0.2, 0) is 16.0 Å². The Balaban J connectivity index is 1.88. The van der Waals surface area contributed by atoms with Gasteiger partial charge in [-0.3, -0.25) is 14.6 Å². The van der Waals surface area contributed by atoms with Crippen LogP contribution < -0.4 is 10.6 Å². The van der Waals surface area contributed by atoms with E-state index in [9.17, 15) is 9.59 Å². The topological polar surface area (TPSA) is 71.1 Å². The number of benzene rings is 1. The second-order valence-electron chi connectivity index (χ2n) is 5.67. The Kier molecular flexibility index (Phi) is 6.25. The van der Waals surface area contributed by atoms with Gasteiger partial charge in [0.05, 0.1) is 12.1 Å². The number of amides is 2. The Bertz CT molecular complexity index is 707. The van der Waals surface area contributed by atoms with Crippen LogP contribution in [0.1, 0.15) is 25.1 Å². The van der Waals surface area contributed by atoms with Crippen molar-refractivity contribution in [2.75, 3.05) is 5.32 Å². The molecule has 0 spiro atoms. The Labute approximate surface area is 141 Å². The molecule has 24 heavy (non-hydrogen) atoms. The molecule has 2 rings (SSSR count). The van der Waals surface area contributed by atoms with Crippen LogP contribution in [0.25, 0.3) is 6.08 Å². The summed E-state index contributed by atoms with van der Waals surface area (Å²) in [5, 5.41) is 5.62. The van der Waals surface area contributed by atoms with Gasteiger partial charge in [0.15, 0.2) is 0 Å². The van der Waals surface area contributed by atoms with E-state index in [1.807, 2.05) is 44.2 Å². The molecule has 0 saturated heterocycles. The largest absolute Gasteiger partial charge is 0.354 e. The van der Waals surface area contributed by atoms with Crippen molar-refractivity contribution in [3.63, 3.8) is 0 Å². The Morgan fingerprint density at radius 2 is 1.88 bits per heavy atom. The average molecular weight is 323 g/mol. The fraction of sp³-hybridized carbons (Fsp3) is 0.211. The summed E-state index contributed by atoms with van der Waals surface area (Å²) in [4.78, 5) is 27.7. The lowest BCUT2D eigenvalue weighted by molar-refractivity contribution is -0.121. The van der Waals surface area contributed by atoms with Gasteiger partial charge < -0.3 is 10.6 Å². The molecule has 2 N–H and O–H groups in total. The van der Waals surface area contributed by atoms with Gasteiger partial charge in [0, 0.05) is 24.0 Å². The van der Waals surface area contributed by atoms with Crippen molar-refractivity contribution >= 4 is 23.6 Å². The minimum Gasteiger partial charge on any atom is -0.354 e. The maximum atomic E-state index is 11.9. The molecular formula is C19H21N3O2. The molecule has 5 nitrogen and oxygen atoms in total. The number of nitrogens with zero attached hydrogens (tertiary/aromatic N) is 1. The molecule has 1 aromatic heterocycles. The fourth-order valence-corrected chi connectivity index (χ4v) is 2.08. The molecule has 2 amide bonds. The minimum absolute atomic E-state index is 0.0138. The summed E-state index contributed by atoms with van der Waals surface area (Å²) in [5.74, 6) is -0.244. The monoisotopic (exact) mass is 323 g/mol. The summed E-state index contributed by atoms with van der Waals surface area (Å²) in [6.45, 7) is 3.85. The highest BCUT2D eigenvalue weighted by Gasteiger charge is 2.05. The third kappa shape index (κ3) is 6.04. The highest BCUT2D eigenvalue weighted by atomic mass is 16.2. The first-order valence-corrected chi connectivity index (χ1v) is 7.81. The summed E-state index contributed by atoms with van der Waals surface area (Å²) in [6, 6.07) is 12.9. The smallest absolute Gasteiger partial charge is 0.248 e. The van der Waals surface area contributed by atoms with Gasteiger partial charge in [-0.25, -0.2) is 0 Å². The van der Waals surface area contributed by atoms with Crippen molar-refractivity contribution in [1.82, 2.24) is 10.3 Å². The molecule has 1 heterocycles. The first-order chi connectivity index (χ1) is 11.5. The van der Waals surface area contributed by atoms with E-state index < -0.39 is 0 Å². The molecule has 0 aliphatic carbocycles. The molecule has 2 aromatic rings. The summed E-state index contributed by atoms with van der Waals surface area (Å²) < 4.78 is 0. The minimum atomic E-state index is -0.231. The first-order valence-electron chi connectivity index (χ1n) is 7.81. The van der Waals surface area contributed by atoms with Crippen molar-refractivity contribution in [2.24, 2.45) is 0 Å². The van der Waals surface area contributed by atoms with Crippen LogP contribution in [0.2, 0.25) is 0 Å². The summed E-state index contributed by atoms with van der Waals surface area (Å²) in [6.07, 6.45) is 5.09. The van der Waals surface area contributed by atoms with Gasteiger partial charge >= 0.3 is 0 Å². The number of pyridine rings is 1. The summed E-state index contributed by atoms with van der Waals surface area (Å²) >= 11 is 0. The molecule has 1 aromatic carbocycles. The lowest BCUT2D eigenvalue weighted by atomic mass is 10.1. The third-order valence-corrected chi connectivity index (χ3v) is 3.13. The van der Waals surface area contributed by atoms with E-state index in [1.165, 1.54) is 6.08 Å². The van der Waals surface area contributed by atoms with Gasteiger partial charge in [-0.1, -0.05) is 18.2 Å². The van der Waals surface area contributed by atoms with Crippen LogP contribution in [-0.4, -0.2) is 22.8 Å². The molecule has 5 heteroatoms. The molecule has 0 atom stereocenters. The van der Waals surface area contributed by atoms with Gasteiger partial charge in [0.25, 0.3) is 0 Å². The van der Waals surface area contributed by atoms with E-state index >= 15 is 0 Å². The highest BCUT2D eigenvalue weighted by Crippen LogP contribution is 2.10. The van der Waals surface area contributed by atoms with Crippen molar-refractivity contribution in [3.05, 3.63) is 66.0 Å². The SMILES string of the molecule is CC(C)NC(=O)Cc1ccc(NC(=O)/C=C/c2ccccn2)cc1. The fourth-order valence-electron chi connectivity index (χ4n) is 2.08. The second kappa shape index (κ2) is 8.62. The van der Waals surface area contributed by atoms with Gasteiger partial charge in [-0.2, -0.15) is 0 Å². The molecule has 0 fully saturated rings. The van der Waals surface area contributed by atoms with E-state index in [1.54, 1.807) is 24.4 Å². The Hall–Kier alpha value is -2.95. The Morgan fingerprint density at radius 1 is 1.12 bits per heavy atom. The average Bonchev–Trinajstić information content (AvgIpc) is 2.55. The molecule has 0 unspecified atom stereocenters. The zero-order chi connectivity index (χ0) is 17.4. The summed E-state index contributed by atoms with van der Waals surface area (Å²) in [7, 11) is 0. The number of carbonyl (C=O) groups excluding carboxylic acids is 2. The van der Waals surface area contributed by atoms with Crippen molar-refractivity contribution in [1.29, 1.82) is 0 Å². The van der Waals surface area contributed by atoms with Gasteiger partial charge in [-0.05, 0) is 49.8 Å². The number of aromatic nitrogens is 1. The van der Waals surface area contributed by atoms with E-state index in [4.69, 9.17) is 0 Å².